The Morgan fingerprint density at radius 1 is 1.30 bits per heavy atom. The number of likely N-dealkylation sites (tertiary alicyclic amines) is 1. The van der Waals surface area contributed by atoms with Gasteiger partial charge in [-0.3, -0.25) is 4.79 Å². The highest BCUT2D eigenvalue weighted by Gasteiger charge is 2.21. The summed E-state index contributed by atoms with van der Waals surface area (Å²) in [6, 6.07) is 3.42. The number of nitrogens with zero attached hydrogens (tertiary/aromatic N) is 2. The quantitative estimate of drug-likeness (QED) is 0.917. The molecule has 110 valence electrons. The van der Waals surface area contributed by atoms with Gasteiger partial charge in [0, 0.05) is 19.2 Å². The van der Waals surface area contributed by atoms with Gasteiger partial charge >= 0.3 is 0 Å². The largest absolute Gasteiger partial charge is 0.481 e. The maximum absolute atomic E-state index is 12.4. The summed E-state index contributed by atoms with van der Waals surface area (Å²) in [7, 11) is 1.58. The van der Waals surface area contributed by atoms with Gasteiger partial charge in [-0.25, -0.2) is 4.98 Å². The molecule has 0 spiro atoms. The molecule has 1 aliphatic heterocycles. The molecule has 2 heterocycles. The number of amides is 1. The molecular formula is C15H23N3O2. The van der Waals surface area contributed by atoms with E-state index in [0.717, 1.165) is 31.6 Å². The number of anilines is 1. The van der Waals surface area contributed by atoms with Gasteiger partial charge in [-0.2, -0.15) is 0 Å². The Kier molecular flexibility index (Phi) is 5.21. The van der Waals surface area contributed by atoms with Crippen LogP contribution in [0, 0.1) is 0 Å². The first kappa shape index (κ1) is 14.6. The number of carbonyl (C=O) groups is 1. The second-order valence-electron chi connectivity index (χ2n) is 5.19. The number of pyridine rings is 1. The Bertz CT molecular complexity index is 425. The van der Waals surface area contributed by atoms with Gasteiger partial charge in [-0.1, -0.05) is 12.8 Å². The number of ether oxygens (including phenoxy) is 1. The summed E-state index contributed by atoms with van der Waals surface area (Å²) in [6.45, 7) is 3.66. The van der Waals surface area contributed by atoms with Crippen molar-refractivity contribution >= 4 is 11.6 Å². The van der Waals surface area contributed by atoms with E-state index in [0.29, 0.717) is 5.88 Å². The summed E-state index contributed by atoms with van der Waals surface area (Å²) >= 11 is 0. The van der Waals surface area contributed by atoms with E-state index in [2.05, 4.69) is 10.3 Å². The normalized spacial score (nSPS) is 17.2. The van der Waals surface area contributed by atoms with Crippen LogP contribution in [0.15, 0.2) is 18.3 Å². The van der Waals surface area contributed by atoms with Crippen molar-refractivity contribution in [2.24, 2.45) is 0 Å². The average Bonchev–Trinajstić information content (AvgIpc) is 2.76. The zero-order chi connectivity index (χ0) is 14.4. The fraction of sp³-hybridized carbons (Fsp3) is 0.600. The molecular weight excluding hydrogens is 254 g/mol. The minimum atomic E-state index is -0.233. The van der Waals surface area contributed by atoms with Crippen molar-refractivity contribution in [2.45, 2.75) is 38.6 Å². The third-order valence-electron chi connectivity index (χ3n) is 3.62. The minimum Gasteiger partial charge on any atom is -0.481 e. The van der Waals surface area contributed by atoms with Gasteiger partial charge in [-0.05, 0) is 25.8 Å². The molecule has 1 unspecified atom stereocenters. The van der Waals surface area contributed by atoms with Crippen LogP contribution in [0.25, 0.3) is 0 Å². The molecule has 1 N–H and O–H groups in total. The Morgan fingerprint density at radius 3 is 2.55 bits per heavy atom. The van der Waals surface area contributed by atoms with Crippen molar-refractivity contribution in [3.05, 3.63) is 18.3 Å². The number of hydrogen-bond donors (Lipinski definition) is 1. The molecule has 0 aliphatic carbocycles. The van der Waals surface area contributed by atoms with E-state index in [1.165, 1.54) is 12.8 Å². The first-order valence-electron chi connectivity index (χ1n) is 7.26. The van der Waals surface area contributed by atoms with E-state index in [1.807, 2.05) is 17.9 Å². The van der Waals surface area contributed by atoms with Crippen molar-refractivity contribution < 1.29 is 9.53 Å². The molecule has 5 heteroatoms. The molecule has 20 heavy (non-hydrogen) atoms. The van der Waals surface area contributed by atoms with Gasteiger partial charge in [0.2, 0.25) is 11.8 Å². The van der Waals surface area contributed by atoms with Gasteiger partial charge < -0.3 is 15.0 Å². The number of carbonyl (C=O) groups excluding carboxylic acids is 1. The topological polar surface area (TPSA) is 54.5 Å². The fourth-order valence-electron chi connectivity index (χ4n) is 2.46. The Labute approximate surface area is 120 Å². The van der Waals surface area contributed by atoms with Gasteiger partial charge in [0.25, 0.3) is 0 Å². The minimum absolute atomic E-state index is 0.169. The zero-order valence-electron chi connectivity index (χ0n) is 12.3. The predicted octanol–water partition coefficient (Wildman–Crippen LogP) is 2.29. The summed E-state index contributed by atoms with van der Waals surface area (Å²) in [4.78, 5) is 18.5. The summed E-state index contributed by atoms with van der Waals surface area (Å²) in [5.74, 6) is 0.741. The van der Waals surface area contributed by atoms with Crippen LogP contribution in [0.5, 0.6) is 5.88 Å². The first-order valence-corrected chi connectivity index (χ1v) is 7.26. The summed E-state index contributed by atoms with van der Waals surface area (Å²) < 4.78 is 5.02. The Balaban J connectivity index is 1.92. The zero-order valence-corrected chi connectivity index (χ0v) is 12.3. The van der Waals surface area contributed by atoms with E-state index < -0.39 is 0 Å². The number of hydrogen-bond acceptors (Lipinski definition) is 4. The van der Waals surface area contributed by atoms with Crippen molar-refractivity contribution in [1.82, 2.24) is 9.88 Å². The fourth-order valence-corrected chi connectivity index (χ4v) is 2.46. The summed E-state index contributed by atoms with van der Waals surface area (Å²) in [6.07, 6.45) is 6.37. The van der Waals surface area contributed by atoms with Crippen LogP contribution in [-0.2, 0) is 4.79 Å². The summed E-state index contributed by atoms with van der Waals surface area (Å²) in [5.41, 5.74) is 0.835. The number of nitrogens with one attached hydrogen (secondary N) is 1. The Morgan fingerprint density at radius 2 is 2.00 bits per heavy atom. The third kappa shape index (κ3) is 3.85. The molecule has 1 aliphatic rings. The molecule has 5 nitrogen and oxygen atoms in total. The first-order chi connectivity index (χ1) is 9.70. The second kappa shape index (κ2) is 7.12. The lowest BCUT2D eigenvalue weighted by Gasteiger charge is -2.25. The molecule has 0 aromatic carbocycles. The number of methoxy groups -OCH3 is 1. The van der Waals surface area contributed by atoms with Crippen LogP contribution in [0.4, 0.5) is 5.69 Å². The maximum atomic E-state index is 12.4. The lowest BCUT2D eigenvalue weighted by atomic mass is 10.2. The molecule has 1 amide bonds. The molecule has 1 aromatic heterocycles. The lowest BCUT2D eigenvalue weighted by molar-refractivity contribution is -0.131. The number of aromatic nitrogens is 1. The van der Waals surface area contributed by atoms with Crippen LogP contribution in [-0.4, -0.2) is 42.0 Å². The third-order valence-corrected chi connectivity index (χ3v) is 3.62. The second-order valence-corrected chi connectivity index (χ2v) is 5.19. The van der Waals surface area contributed by atoms with E-state index in [-0.39, 0.29) is 11.9 Å². The highest BCUT2D eigenvalue weighted by Crippen LogP contribution is 2.14. The average molecular weight is 277 g/mol. The highest BCUT2D eigenvalue weighted by atomic mass is 16.5. The van der Waals surface area contributed by atoms with Crippen LogP contribution in [0.2, 0.25) is 0 Å². The van der Waals surface area contributed by atoms with Crippen molar-refractivity contribution in [1.29, 1.82) is 0 Å². The molecule has 0 radical (unpaired) electrons. The van der Waals surface area contributed by atoms with Gasteiger partial charge in [0.05, 0.1) is 19.0 Å². The Hall–Kier alpha value is -1.78. The van der Waals surface area contributed by atoms with E-state index in [9.17, 15) is 4.79 Å². The van der Waals surface area contributed by atoms with Gasteiger partial charge in [-0.15, -0.1) is 0 Å². The van der Waals surface area contributed by atoms with Crippen molar-refractivity contribution in [2.75, 3.05) is 25.5 Å². The molecule has 2 rings (SSSR count). The van der Waals surface area contributed by atoms with Crippen LogP contribution < -0.4 is 10.1 Å². The lowest BCUT2D eigenvalue weighted by Crippen LogP contribution is -2.41. The predicted molar refractivity (Wildman–Crippen MR) is 78.9 cm³/mol. The molecule has 1 saturated heterocycles. The van der Waals surface area contributed by atoms with Crippen LogP contribution in [0.1, 0.15) is 32.6 Å². The standard InChI is InChI=1S/C15H23N3O2/c1-12(15(19)18-9-5-3-4-6-10-18)17-13-7-8-14(20-2)16-11-13/h7-8,11-12,17H,3-6,9-10H2,1-2H3. The monoisotopic (exact) mass is 277 g/mol. The van der Waals surface area contributed by atoms with Gasteiger partial charge in [0.15, 0.2) is 0 Å². The molecule has 1 atom stereocenters. The van der Waals surface area contributed by atoms with E-state index in [4.69, 9.17) is 4.74 Å². The van der Waals surface area contributed by atoms with Crippen LogP contribution >= 0.6 is 0 Å². The van der Waals surface area contributed by atoms with E-state index >= 15 is 0 Å². The SMILES string of the molecule is COc1ccc(NC(C)C(=O)N2CCCCCC2)cn1. The van der Waals surface area contributed by atoms with Crippen molar-refractivity contribution in [3.63, 3.8) is 0 Å². The maximum Gasteiger partial charge on any atom is 0.244 e. The molecule has 1 fully saturated rings. The van der Waals surface area contributed by atoms with Gasteiger partial charge in [0.1, 0.15) is 6.04 Å². The highest BCUT2D eigenvalue weighted by molar-refractivity contribution is 5.84. The number of rotatable bonds is 4. The molecule has 0 saturated carbocycles. The van der Waals surface area contributed by atoms with Crippen molar-refractivity contribution in [3.8, 4) is 5.88 Å². The van der Waals surface area contributed by atoms with E-state index in [1.54, 1.807) is 19.4 Å². The molecule has 0 bridgehead atoms. The van der Waals surface area contributed by atoms with Crippen LogP contribution in [0.3, 0.4) is 0 Å². The summed E-state index contributed by atoms with van der Waals surface area (Å²) in [5, 5.41) is 3.20. The molecule has 1 aromatic rings. The smallest absolute Gasteiger partial charge is 0.244 e.